The highest BCUT2D eigenvalue weighted by Crippen LogP contribution is 2.22. The molecule has 140 valence electrons. The third-order valence-electron chi connectivity index (χ3n) is 3.78. The molecule has 0 radical (unpaired) electrons. The van der Waals surface area contributed by atoms with Gasteiger partial charge in [-0.25, -0.2) is 9.48 Å². The van der Waals surface area contributed by atoms with Crippen molar-refractivity contribution in [2.75, 3.05) is 6.54 Å². The van der Waals surface area contributed by atoms with Crippen molar-refractivity contribution in [1.82, 2.24) is 15.1 Å². The van der Waals surface area contributed by atoms with Gasteiger partial charge in [0.1, 0.15) is 10.7 Å². The van der Waals surface area contributed by atoms with Crippen LogP contribution >= 0.6 is 11.6 Å². The predicted molar refractivity (Wildman–Crippen MR) is 100 cm³/mol. The Bertz CT molecular complexity index is 772. The van der Waals surface area contributed by atoms with Crippen molar-refractivity contribution in [2.45, 2.75) is 40.3 Å². The second-order valence-electron chi connectivity index (χ2n) is 6.58. The van der Waals surface area contributed by atoms with Crippen LogP contribution in [0.25, 0.3) is 0 Å². The lowest BCUT2D eigenvalue weighted by Gasteiger charge is -2.14. The fourth-order valence-electron chi connectivity index (χ4n) is 2.37. The summed E-state index contributed by atoms with van der Waals surface area (Å²) in [4.78, 5) is 24.5. The molecule has 0 saturated heterocycles. The summed E-state index contributed by atoms with van der Waals surface area (Å²) in [5.74, 6) is -0.675. The van der Waals surface area contributed by atoms with E-state index in [-0.39, 0.29) is 16.6 Å². The Morgan fingerprint density at radius 3 is 2.50 bits per heavy atom. The molecule has 2 aromatic rings. The highest BCUT2D eigenvalue weighted by molar-refractivity contribution is 6.32. The number of ether oxygens (including phenoxy) is 1. The van der Waals surface area contributed by atoms with Crippen molar-refractivity contribution >= 4 is 23.5 Å². The number of hydrogen-bond acceptors (Lipinski definition) is 4. The predicted octanol–water partition coefficient (Wildman–Crippen LogP) is 3.21. The van der Waals surface area contributed by atoms with E-state index < -0.39 is 12.1 Å². The molecule has 1 aromatic heterocycles. The molecule has 1 aromatic carbocycles. The van der Waals surface area contributed by atoms with Crippen molar-refractivity contribution in [1.29, 1.82) is 0 Å². The molecule has 1 atom stereocenters. The lowest BCUT2D eigenvalue weighted by Crippen LogP contribution is -2.37. The molecule has 7 heteroatoms. The van der Waals surface area contributed by atoms with Gasteiger partial charge in [-0.2, -0.15) is 5.10 Å². The van der Waals surface area contributed by atoms with Crippen LogP contribution in [0.5, 0.6) is 0 Å². The quantitative estimate of drug-likeness (QED) is 0.752. The van der Waals surface area contributed by atoms with Gasteiger partial charge in [0.25, 0.3) is 5.91 Å². The smallest absolute Gasteiger partial charge is 0.343 e. The standard InChI is InChI=1S/C19H24ClN3O3/c1-12(2)10-21-18(24)14(4)26-19(25)16-13(3)22-23(17(16)20)11-15-8-6-5-7-9-15/h5-9,12,14H,10-11H2,1-4H3,(H,21,24)/t14-/m0/s1. The van der Waals surface area contributed by atoms with Crippen molar-refractivity contribution in [3.8, 4) is 0 Å². The number of hydrogen-bond donors (Lipinski definition) is 1. The molecular weight excluding hydrogens is 354 g/mol. The minimum Gasteiger partial charge on any atom is -0.449 e. The molecule has 0 aliphatic carbocycles. The van der Waals surface area contributed by atoms with Crippen LogP contribution < -0.4 is 5.32 Å². The normalized spacial score (nSPS) is 12.1. The highest BCUT2D eigenvalue weighted by atomic mass is 35.5. The number of nitrogens with one attached hydrogen (secondary N) is 1. The summed E-state index contributed by atoms with van der Waals surface area (Å²) in [6.45, 7) is 8.16. The molecule has 0 aliphatic rings. The second kappa shape index (κ2) is 8.85. The third-order valence-corrected chi connectivity index (χ3v) is 4.17. The van der Waals surface area contributed by atoms with Gasteiger partial charge >= 0.3 is 5.97 Å². The average molecular weight is 378 g/mol. The van der Waals surface area contributed by atoms with Crippen molar-refractivity contribution in [2.24, 2.45) is 5.92 Å². The lowest BCUT2D eigenvalue weighted by molar-refractivity contribution is -0.129. The van der Waals surface area contributed by atoms with E-state index >= 15 is 0 Å². The van der Waals surface area contributed by atoms with Gasteiger partial charge in [-0.1, -0.05) is 55.8 Å². The van der Waals surface area contributed by atoms with E-state index in [2.05, 4.69) is 10.4 Å². The number of benzene rings is 1. The van der Waals surface area contributed by atoms with E-state index in [0.717, 1.165) is 5.56 Å². The maximum Gasteiger partial charge on any atom is 0.343 e. The van der Waals surface area contributed by atoms with Crippen LogP contribution in [-0.2, 0) is 16.1 Å². The molecule has 0 fully saturated rings. The molecule has 1 N–H and O–H groups in total. The first kappa shape index (κ1) is 20.0. The fraction of sp³-hybridized carbons (Fsp3) is 0.421. The second-order valence-corrected chi connectivity index (χ2v) is 6.94. The lowest BCUT2D eigenvalue weighted by atomic mass is 10.2. The topological polar surface area (TPSA) is 73.2 Å². The summed E-state index contributed by atoms with van der Waals surface area (Å²) in [5, 5.41) is 7.26. The van der Waals surface area contributed by atoms with Gasteiger partial charge in [-0.15, -0.1) is 0 Å². The largest absolute Gasteiger partial charge is 0.449 e. The van der Waals surface area contributed by atoms with E-state index in [0.29, 0.717) is 24.7 Å². The molecule has 0 saturated carbocycles. The summed E-state index contributed by atoms with van der Waals surface area (Å²) in [7, 11) is 0. The summed E-state index contributed by atoms with van der Waals surface area (Å²) < 4.78 is 6.81. The van der Waals surface area contributed by atoms with Crippen LogP contribution in [-0.4, -0.2) is 34.3 Å². The van der Waals surface area contributed by atoms with Crippen LogP contribution in [0.3, 0.4) is 0 Å². The van der Waals surface area contributed by atoms with Crippen molar-refractivity contribution < 1.29 is 14.3 Å². The van der Waals surface area contributed by atoms with Crippen LogP contribution in [0.2, 0.25) is 5.15 Å². The molecule has 1 heterocycles. The number of halogens is 1. The number of amides is 1. The van der Waals surface area contributed by atoms with E-state index in [1.807, 2.05) is 44.2 Å². The minimum absolute atomic E-state index is 0.186. The zero-order valence-electron chi connectivity index (χ0n) is 15.5. The summed E-state index contributed by atoms with van der Waals surface area (Å²) in [6.07, 6.45) is -0.908. The molecule has 0 spiro atoms. The first-order valence-electron chi connectivity index (χ1n) is 8.55. The molecule has 6 nitrogen and oxygen atoms in total. The maximum atomic E-state index is 12.5. The molecule has 0 unspecified atom stereocenters. The first-order valence-corrected chi connectivity index (χ1v) is 8.93. The maximum absolute atomic E-state index is 12.5. The SMILES string of the molecule is Cc1nn(Cc2ccccc2)c(Cl)c1C(=O)O[C@@H](C)C(=O)NCC(C)C. The van der Waals surface area contributed by atoms with E-state index in [1.54, 1.807) is 11.6 Å². The number of rotatable bonds is 7. The average Bonchev–Trinajstić information content (AvgIpc) is 2.87. The van der Waals surface area contributed by atoms with Gasteiger partial charge in [-0.05, 0) is 25.3 Å². The first-order chi connectivity index (χ1) is 12.3. The van der Waals surface area contributed by atoms with E-state index in [4.69, 9.17) is 16.3 Å². The van der Waals surface area contributed by atoms with E-state index in [1.165, 1.54) is 6.92 Å². The molecule has 26 heavy (non-hydrogen) atoms. The number of esters is 1. The van der Waals surface area contributed by atoms with Crippen LogP contribution in [0.15, 0.2) is 30.3 Å². The zero-order valence-corrected chi connectivity index (χ0v) is 16.2. The Balaban J connectivity index is 2.08. The van der Waals surface area contributed by atoms with Gasteiger partial charge in [-0.3, -0.25) is 4.79 Å². The van der Waals surface area contributed by atoms with Gasteiger partial charge < -0.3 is 10.1 Å². The minimum atomic E-state index is -0.908. The zero-order chi connectivity index (χ0) is 19.3. The number of nitrogens with zero attached hydrogens (tertiary/aromatic N) is 2. The molecular formula is C19H24ClN3O3. The molecule has 1 amide bonds. The van der Waals surface area contributed by atoms with Gasteiger partial charge in [0, 0.05) is 6.54 Å². The third kappa shape index (κ3) is 5.08. The summed E-state index contributed by atoms with van der Waals surface area (Å²) in [6, 6.07) is 9.67. The Morgan fingerprint density at radius 1 is 1.23 bits per heavy atom. The highest BCUT2D eigenvalue weighted by Gasteiger charge is 2.25. The number of aromatic nitrogens is 2. The van der Waals surface area contributed by atoms with E-state index in [9.17, 15) is 9.59 Å². The van der Waals surface area contributed by atoms with Gasteiger partial charge in [0.05, 0.1) is 12.2 Å². The molecule has 2 rings (SSSR count). The number of aryl methyl sites for hydroxylation is 1. The number of carbonyl (C=O) groups excluding carboxylic acids is 2. The molecule has 0 bridgehead atoms. The van der Waals surface area contributed by atoms with Crippen LogP contribution in [0.4, 0.5) is 0 Å². The van der Waals surface area contributed by atoms with Crippen molar-refractivity contribution in [3.05, 3.63) is 52.3 Å². The Labute approximate surface area is 158 Å². The van der Waals surface area contributed by atoms with Gasteiger partial charge in [0.15, 0.2) is 6.10 Å². The monoisotopic (exact) mass is 377 g/mol. The van der Waals surface area contributed by atoms with Crippen LogP contribution in [0.1, 0.15) is 42.4 Å². The molecule has 0 aliphatic heterocycles. The Morgan fingerprint density at radius 2 is 1.88 bits per heavy atom. The van der Waals surface area contributed by atoms with Crippen molar-refractivity contribution in [3.63, 3.8) is 0 Å². The number of carbonyl (C=O) groups is 2. The van der Waals surface area contributed by atoms with Gasteiger partial charge in [0.2, 0.25) is 0 Å². The van der Waals surface area contributed by atoms with Crippen LogP contribution in [0, 0.1) is 12.8 Å². The Hall–Kier alpha value is -2.34. The Kier molecular flexibility index (Phi) is 6.80. The summed E-state index contributed by atoms with van der Waals surface area (Å²) in [5.41, 5.74) is 1.66. The fourth-order valence-corrected chi connectivity index (χ4v) is 2.68. The summed E-state index contributed by atoms with van der Waals surface area (Å²) >= 11 is 6.34.